The van der Waals surface area contributed by atoms with Gasteiger partial charge in [-0.3, -0.25) is 14.4 Å². The van der Waals surface area contributed by atoms with Gasteiger partial charge in [-0.05, 0) is 83.5 Å². The van der Waals surface area contributed by atoms with Crippen molar-refractivity contribution in [3.63, 3.8) is 0 Å². The van der Waals surface area contributed by atoms with Crippen LogP contribution < -0.4 is 0 Å². The first-order chi connectivity index (χ1) is 40.5. The molecule has 6 heteroatoms. The molecule has 0 aliphatic rings. The second kappa shape index (κ2) is 70.1. The Labute approximate surface area is 509 Å². The van der Waals surface area contributed by atoms with Crippen LogP contribution in [0.15, 0.2) is 85.1 Å². The molecule has 0 N–H and O–H groups in total. The van der Waals surface area contributed by atoms with Gasteiger partial charge in [0.15, 0.2) is 6.10 Å². The molecular formula is C76H134O6. The fourth-order valence-electron chi connectivity index (χ4n) is 10.4. The molecule has 0 heterocycles. The highest BCUT2D eigenvalue weighted by Gasteiger charge is 2.19. The van der Waals surface area contributed by atoms with Gasteiger partial charge in [-0.1, -0.05) is 343 Å². The smallest absolute Gasteiger partial charge is 0.306 e. The maximum atomic E-state index is 12.9. The Morgan fingerprint density at radius 2 is 0.500 bits per heavy atom. The lowest BCUT2D eigenvalue weighted by Gasteiger charge is -2.18. The van der Waals surface area contributed by atoms with E-state index >= 15 is 0 Å². The summed E-state index contributed by atoms with van der Waals surface area (Å²) in [6, 6.07) is 0. The van der Waals surface area contributed by atoms with Gasteiger partial charge in [-0.2, -0.15) is 0 Å². The summed E-state index contributed by atoms with van der Waals surface area (Å²) in [5, 5.41) is 0. The Morgan fingerprint density at radius 3 is 0.793 bits per heavy atom. The molecule has 6 nitrogen and oxygen atoms in total. The van der Waals surface area contributed by atoms with Crippen LogP contribution >= 0.6 is 0 Å². The zero-order valence-electron chi connectivity index (χ0n) is 54.5. The third kappa shape index (κ3) is 67.4. The first-order valence-electron chi connectivity index (χ1n) is 35.6. The summed E-state index contributed by atoms with van der Waals surface area (Å²) in [7, 11) is 0. The monoisotopic (exact) mass is 1140 g/mol. The van der Waals surface area contributed by atoms with Crippen molar-refractivity contribution in [3.05, 3.63) is 85.1 Å². The number of unbranched alkanes of at least 4 members (excludes halogenated alkanes) is 40. The molecule has 0 amide bonds. The molecule has 0 aromatic carbocycles. The van der Waals surface area contributed by atoms with E-state index in [1.54, 1.807) is 0 Å². The molecule has 0 spiro atoms. The van der Waals surface area contributed by atoms with Gasteiger partial charge in [-0.25, -0.2) is 0 Å². The highest BCUT2D eigenvalue weighted by molar-refractivity contribution is 5.71. The van der Waals surface area contributed by atoms with Crippen LogP contribution in [0.2, 0.25) is 0 Å². The first kappa shape index (κ1) is 78.6. The van der Waals surface area contributed by atoms with Crippen molar-refractivity contribution in [3.8, 4) is 0 Å². The van der Waals surface area contributed by atoms with Crippen molar-refractivity contribution in [2.24, 2.45) is 0 Å². The fraction of sp³-hybridized carbons (Fsp3) is 0.776. The average molecular weight is 1140 g/mol. The highest BCUT2D eigenvalue weighted by atomic mass is 16.6. The van der Waals surface area contributed by atoms with E-state index in [9.17, 15) is 14.4 Å². The Hall–Kier alpha value is -3.41. The molecular weight excluding hydrogens is 1010 g/mol. The van der Waals surface area contributed by atoms with E-state index < -0.39 is 6.10 Å². The number of allylic oxidation sites excluding steroid dienone is 14. The lowest BCUT2D eigenvalue weighted by molar-refractivity contribution is -0.166. The third-order valence-electron chi connectivity index (χ3n) is 15.6. The minimum absolute atomic E-state index is 0.106. The van der Waals surface area contributed by atoms with Gasteiger partial charge in [-0.15, -0.1) is 0 Å². The molecule has 474 valence electrons. The van der Waals surface area contributed by atoms with Crippen molar-refractivity contribution >= 4 is 17.9 Å². The zero-order valence-corrected chi connectivity index (χ0v) is 54.5. The SMILES string of the molecule is CC/C=C\C/C=C\C/C=C\C/C=C\C/C=C\C/C=C\CCC(=O)OC(COC(=O)CCCCCCC/C=C\CCCCCCC)COC(=O)CCCCCCCCCCCCCCCCCCCCCCCCCCCCCCCCC. The molecule has 0 aromatic rings. The topological polar surface area (TPSA) is 78.9 Å². The van der Waals surface area contributed by atoms with Crippen LogP contribution in [0, 0.1) is 0 Å². The molecule has 82 heavy (non-hydrogen) atoms. The Bertz CT molecular complexity index is 1550. The molecule has 0 bridgehead atoms. The van der Waals surface area contributed by atoms with E-state index in [1.807, 2.05) is 6.08 Å². The second-order valence-electron chi connectivity index (χ2n) is 23.8. The molecule has 0 radical (unpaired) electrons. The van der Waals surface area contributed by atoms with Gasteiger partial charge < -0.3 is 14.2 Å². The van der Waals surface area contributed by atoms with Crippen molar-refractivity contribution in [2.75, 3.05) is 13.2 Å². The van der Waals surface area contributed by atoms with Crippen molar-refractivity contribution < 1.29 is 28.6 Å². The molecule has 0 aromatic heterocycles. The number of hydrogen-bond acceptors (Lipinski definition) is 6. The van der Waals surface area contributed by atoms with Gasteiger partial charge in [0.05, 0.1) is 0 Å². The number of rotatable bonds is 65. The summed E-state index contributed by atoms with van der Waals surface area (Å²) in [5.74, 6) is -0.984. The molecule has 0 aliphatic carbocycles. The lowest BCUT2D eigenvalue weighted by Crippen LogP contribution is -2.30. The van der Waals surface area contributed by atoms with Crippen LogP contribution in [0.4, 0.5) is 0 Å². The molecule has 1 atom stereocenters. The van der Waals surface area contributed by atoms with E-state index in [0.717, 1.165) is 89.9 Å². The molecule has 0 saturated carbocycles. The minimum Gasteiger partial charge on any atom is -0.462 e. The molecule has 0 aliphatic heterocycles. The van der Waals surface area contributed by atoms with E-state index in [-0.39, 0.29) is 37.5 Å². The van der Waals surface area contributed by atoms with Crippen LogP contribution in [0.5, 0.6) is 0 Å². The summed E-state index contributed by atoms with van der Waals surface area (Å²) in [4.78, 5) is 38.3. The highest BCUT2D eigenvalue weighted by Crippen LogP contribution is 2.18. The Kier molecular flexibility index (Phi) is 67.2. The average Bonchev–Trinajstić information content (AvgIpc) is 3.47. The molecule has 1 unspecified atom stereocenters. The van der Waals surface area contributed by atoms with Gasteiger partial charge in [0.2, 0.25) is 0 Å². The maximum Gasteiger partial charge on any atom is 0.306 e. The van der Waals surface area contributed by atoms with Crippen LogP contribution in [-0.4, -0.2) is 37.2 Å². The largest absolute Gasteiger partial charge is 0.462 e. The number of hydrogen-bond donors (Lipinski definition) is 0. The predicted molar refractivity (Wildman–Crippen MR) is 358 cm³/mol. The zero-order chi connectivity index (χ0) is 59.2. The standard InChI is InChI=1S/C76H134O6/c1-4-7-10-13-16-19-22-25-28-30-32-33-34-35-36-37-38-39-40-41-42-43-45-46-48-51-54-57-60-63-66-69-75(78)81-72-73(71-80-74(77)68-65-62-59-56-53-50-27-24-21-18-15-12-9-6-3)82-76(79)70-67-64-61-58-55-52-49-47-44-31-29-26-23-20-17-14-11-8-5-2/h8,11,17,20,24,26-27,29,44,47,52,55,61,64,73H,4-7,9-10,12-16,18-19,21-23,25,28,30-43,45-46,48-51,53-54,56-60,62-63,65-72H2,1-3H3/b11-8-,20-17-,27-24-,29-26-,47-44-,55-52-,64-61-. The van der Waals surface area contributed by atoms with Crippen LogP contribution in [0.3, 0.4) is 0 Å². The number of esters is 3. The van der Waals surface area contributed by atoms with Crippen LogP contribution in [-0.2, 0) is 28.6 Å². The normalized spacial score (nSPS) is 12.6. The summed E-state index contributed by atoms with van der Waals surface area (Å²) in [5.41, 5.74) is 0. The number of carbonyl (C=O) groups excluding carboxylic acids is 3. The number of ether oxygens (including phenoxy) is 3. The van der Waals surface area contributed by atoms with Gasteiger partial charge in [0.25, 0.3) is 0 Å². The van der Waals surface area contributed by atoms with Crippen LogP contribution in [0.25, 0.3) is 0 Å². The van der Waals surface area contributed by atoms with Crippen molar-refractivity contribution in [1.29, 1.82) is 0 Å². The summed E-state index contributed by atoms with van der Waals surface area (Å²) in [6.45, 7) is 6.50. The summed E-state index contributed by atoms with van der Waals surface area (Å²) >= 11 is 0. The predicted octanol–water partition coefficient (Wildman–Crippen LogP) is 24.6. The van der Waals surface area contributed by atoms with Crippen LogP contribution in [0.1, 0.15) is 361 Å². The first-order valence-corrected chi connectivity index (χ1v) is 35.6. The van der Waals surface area contributed by atoms with E-state index in [0.29, 0.717) is 19.3 Å². The van der Waals surface area contributed by atoms with Gasteiger partial charge >= 0.3 is 17.9 Å². The minimum atomic E-state index is -0.821. The summed E-state index contributed by atoms with van der Waals surface area (Å²) in [6.07, 6.45) is 93.6. The molecule has 0 rings (SSSR count). The van der Waals surface area contributed by atoms with Crippen molar-refractivity contribution in [2.45, 2.75) is 367 Å². The quantitative estimate of drug-likeness (QED) is 0.0261. The second-order valence-corrected chi connectivity index (χ2v) is 23.8. The maximum absolute atomic E-state index is 12.9. The Balaban J connectivity index is 4.26. The lowest BCUT2D eigenvalue weighted by atomic mass is 10.0. The third-order valence-corrected chi connectivity index (χ3v) is 15.6. The summed E-state index contributed by atoms with van der Waals surface area (Å²) < 4.78 is 16.9. The molecule has 0 fully saturated rings. The van der Waals surface area contributed by atoms with Crippen molar-refractivity contribution in [1.82, 2.24) is 0 Å². The number of carbonyl (C=O) groups is 3. The van der Waals surface area contributed by atoms with E-state index in [1.165, 1.54) is 225 Å². The van der Waals surface area contributed by atoms with Gasteiger partial charge in [0.1, 0.15) is 13.2 Å². The molecule has 0 saturated heterocycles. The van der Waals surface area contributed by atoms with E-state index in [4.69, 9.17) is 14.2 Å². The fourth-order valence-corrected chi connectivity index (χ4v) is 10.4. The Morgan fingerprint density at radius 1 is 0.256 bits per heavy atom. The van der Waals surface area contributed by atoms with Gasteiger partial charge in [0, 0.05) is 19.3 Å². The van der Waals surface area contributed by atoms with E-state index in [2.05, 4.69) is 99.8 Å².